The lowest BCUT2D eigenvalue weighted by Gasteiger charge is -2.36. The van der Waals surface area contributed by atoms with Crippen molar-refractivity contribution in [2.45, 2.75) is 76.0 Å². The fourth-order valence-electron chi connectivity index (χ4n) is 7.46. The van der Waals surface area contributed by atoms with Crippen molar-refractivity contribution in [2.75, 3.05) is 68.3 Å². The van der Waals surface area contributed by atoms with Crippen LogP contribution in [0.1, 0.15) is 63.4 Å². The van der Waals surface area contributed by atoms with E-state index < -0.39 is 4.92 Å². The van der Waals surface area contributed by atoms with Gasteiger partial charge in [0.25, 0.3) is 11.6 Å². The maximum absolute atomic E-state index is 12.9. The van der Waals surface area contributed by atoms with Crippen LogP contribution in [0.15, 0.2) is 131 Å². The van der Waals surface area contributed by atoms with Gasteiger partial charge in [-0.25, -0.2) is 0 Å². The van der Waals surface area contributed by atoms with Gasteiger partial charge < -0.3 is 19.9 Å². The predicted molar refractivity (Wildman–Crippen MR) is 266 cm³/mol. The summed E-state index contributed by atoms with van der Waals surface area (Å²) < 4.78 is 8.58. The van der Waals surface area contributed by atoms with E-state index in [2.05, 4.69) is 81.9 Å². The van der Waals surface area contributed by atoms with E-state index >= 15 is 0 Å². The molecule has 13 heteroatoms. The molecule has 0 unspecified atom stereocenters. The summed E-state index contributed by atoms with van der Waals surface area (Å²) in [6.45, 7) is 19.2. The van der Waals surface area contributed by atoms with E-state index in [0.717, 1.165) is 71.6 Å². The second-order valence-electron chi connectivity index (χ2n) is 15.4. The topological polar surface area (TPSA) is 103 Å². The first kappa shape index (κ1) is 49.5. The van der Waals surface area contributed by atoms with Gasteiger partial charge in [-0.05, 0) is 123 Å². The fourth-order valence-corrected chi connectivity index (χ4v) is 9.01. The fraction of sp³-hybridized carbons (Fsp3) is 0.380. The van der Waals surface area contributed by atoms with Crippen molar-refractivity contribution in [1.82, 2.24) is 14.5 Å². The highest BCUT2D eigenvalue weighted by Crippen LogP contribution is 2.31. The van der Waals surface area contributed by atoms with Crippen LogP contribution in [-0.2, 0) is 11.3 Å². The predicted octanol–water partition coefficient (Wildman–Crippen LogP) is 11.8. The molecule has 0 radical (unpaired) electrons. The third-order valence-electron chi connectivity index (χ3n) is 10.7. The van der Waals surface area contributed by atoms with E-state index in [1.807, 2.05) is 80.6 Å². The number of carbonyl (C=O) groups is 1. The maximum Gasteiger partial charge on any atom is 0.293 e. The third kappa shape index (κ3) is 15.9. The Morgan fingerprint density at radius 3 is 2.14 bits per heavy atom. The summed E-state index contributed by atoms with van der Waals surface area (Å²) in [6.07, 6.45) is 3.34. The van der Waals surface area contributed by atoms with E-state index in [1.54, 1.807) is 23.9 Å². The van der Waals surface area contributed by atoms with Gasteiger partial charge >= 0.3 is 0 Å². The van der Waals surface area contributed by atoms with Crippen LogP contribution in [0.3, 0.4) is 0 Å². The van der Waals surface area contributed by atoms with E-state index in [9.17, 15) is 14.9 Å². The molecule has 5 aromatic carbocycles. The molecular weight excluding hydrogens is 848 g/mol. The smallest absolute Gasteiger partial charge is 0.293 e. The molecule has 2 fully saturated rings. The van der Waals surface area contributed by atoms with Crippen LogP contribution in [0.25, 0.3) is 11.1 Å². The number of anilines is 2. The lowest BCUT2D eigenvalue weighted by Crippen LogP contribution is -2.46. The van der Waals surface area contributed by atoms with E-state index in [1.165, 1.54) is 49.7 Å². The normalized spacial score (nSPS) is 14.6. The van der Waals surface area contributed by atoms with Crippen molar-refractivity contribution >= 4 is 58.3 Å². The molecule has 0 bridgehead atoms. The summed E-state index contributed by atoms with van der Waals surface area (Å²) >= 11 is 8.86. The van der Waals surface area contributed by atoms with E-state index in [0.29, 0.717) is 34.9 Å². The zero-order chi connectivity index (χ0) is 45.0. The maximum atomic E-state index is 12.9. The monoisotopic (exact) mass is 910 g/mol. The molecule has 5 aromatic rings. The summed E-state index contributed by atoms with van der Waals surface area (Å²) in [5.74, 6) is 0.507. The highest BCUT2D eigenvalue weighted by Gasteiger charge is 2.21. The van der Waals surface area contributed by atoms with Crippen molar-refractivity contribution in [3.8, 4) is 11.1 Å². The van der Waals surface area contributed by atoms with Gasteiger partial charge in [0.1, 0.15) is 5.69 Å². The number of nitrogens with one attached hydrogen (secondary N) is 2. The van der Waals surface area contributed by atoms with Gasteiger partial charge in [0.2, 0.25) is 0 Å². The van der Waals surface area contributed by atoms with Crippen molar-refractivity contribution in [3.05, 3.63) is 148 Å². The zero-order valence-electron chi connectivity index (χ0n) is 37.3. The van der Waals surface area contributed by atoms with E-state index in [4.69, 9.17) is 16.3 Å². The Balaban J connectivity index is 0.000000459. The summed E-state index contributed by atoms with van der Waals surface area (Å²) in [7, 11) is 0. The number of likely N-dealkylation sites (tertiary alicyclic amines) is 1. The summed E-state index contributed by atoms with van der Waals surface area (Å²) in [6, 6.07) is 39.1. The number of nitro benzene ring substituents is 1. The molecule has 7 rings (SSSR count). The molecule has 0 saturated carbocycles. The van der Waals surface area contributed by atoms with Gasteiger partial charge in [-0.15, -0.1) is 11.8 Å². The molecule has 2 heterocycles. The van der Waals surface area contributed by atoms with Crippen LogP contribution >= 0.6 is 35.3 Å². The van der Waals surface area contributed by atoms with Crippen LogP contribution in [0.4, 0.5) is 17.1 Å². The van der Waals surface area contributed by atoms with Gasteiger partial charge in [0.15, 0.2) is 0 Å². The number of amides is 1. The second-order valence-corrected chi connectivity index (χ2v) is 17.8. The van der Waals surface area contributed by atoms with Crippen molar-refractivity contribution in [2.24, 2.45) is 0 Å². The standard InChI is InChI=1S/C38H36ClN5O3S2.C10H21NO.C2H6/c39-31-14-10-28(11-15-31)35-9-5-4-6-30(35)27-42-21-23-43(24-22-42)32-16-12-29(13-17-32)38(45)41-49-34-18-19-36(37(26-34)44(46)47)40-20-25-48-33-7-2-1-3-8-33;1-4-11-7-5-10(6-8-11)12-9(2)3;1-2/h1-19,26,40H,20-25,27H2,(H,41,45);9-10H,4-8H2,1-3H3;1-2H3. The van der Waals surface area contributed by atoms with Gasteiger partial charge in [0, 0.05) is 90.2 Å². The number of nitrogens with zero attached hydrogens (tertiary/aromatic N) is 4. The molecular formula is C50H63ClN6O4S2. The van der Waals surface area contributed by atoms with Crippen LogP contribution in [0, 0.1) is 10.1 Å². The quantitative estimate of drug-likeness (QED) is 0.0327. The average Bonchev–Trinajstić information content (AvgIpc) is 3.32. The van der Waals surface area contributed by atoms with Crippen molar-refractivity contribution < 1.29 is 14.5 Å². The first-order chi connectivity index (χ1) is 30.6. The largest absolute Gasteiger partial charge is 0.379 e. The molecule has 2 N–H and O–H groups in total. The van der Waals surface area contributed by atoms with Gasteiger partial charge in [0.05, 0.1) is 17.1 Å². The van der Waals surface area contributed by atoms with Gasteiger partial charge in [-0.2, -0.15) is 0 Å². The van der Waals surface area contributed by atoms with Crippen LogP contribution in [0.5, 0.6) is 0 Å². The number of piperidine rings is 1. The second kappa shape index (κ2) is 26.3. The number of benzene rings is 5. The minimum atomic E-state index is -0.405. The number of hydrogen-bond donors (Lipinski definition) is 2. The number of halogens is 1. The SMILES string of the molecule is CC.CCN1CCC(OC(C)C)CC1.O=C(NSc1ccc(NCCSc2ccccc2)c([N+](=O)[O-])c1)c1ccc(N2CCN(Cc3ccccc3-c3ccc(Cl)cc3)CC2)cc1. The Morgan fingerprint density at radius 2 is 1.49 bits per heavy atom. The molecule has 0 spiro atoms. The average molecular weight is 912 g/mol. The molecule has 63 heavy (non-hydrogen) atoms. The summed E-state index contributed by atoms with van der Waals surface area (Å²) in [5.41, 5.74) is 5.71. The zero-order valence-corrected chi connectivity index (χ0v) is 39.7. The number of carbonyl (C=O) groups excluding carboxylic acids is 1. The van der Waals surface area contributed by atoms with E-state index in [-0.39, 0.29) is 11.6 Å². The number of hydrogen-bond acceptors (Lipinski definition) is 10. The Morgan fingerprint density at radius 1 is 0.825 bits per heavy atom. The van der Waals surface area contributed by atoms with Crippen molar-refractivity contribution in [3.63, 3.8) is 0 Å². The molecule has 10 nitrogen and oxygen atoms in total. The molecule has 0 atom stereocenters. The van der Waals surface area contributed by atoms with Crippen molar-refractivity contribution in [1.29, 1.82) is 0 Å². The minimum Gasteiger partial charge on any atom is -0.379 e. The molecule has 0 aromatic heterocycles. The summed E-state index contributed by atoms with van der Waals surface area (Å²) in [4.78, 5) is 33.3. The number of rotatable bonds is 16. The number of ether oxygens (including phenoxy) is 1. The highest BCUT2D eigenvalue weighted by atomic mass is 35.5. The molecule has 0 aliphatic carbocycles. The van der Waals surface area contributed by atoms with Gasteiger partial charge in [-0.1, -0.05) is 87.0 Å². The number of nitro groups is 1. The first-order valence-corrected chi connectivity index (χ1v) is 24.3. The molecule has 2 saturated heterocycles. The Kier molecular flexibility index (Phi) is 20.6. The van der Waals surface area contributed by atoms with Gasteiger partial charge in [-0.3, -0.25) is 24.5 Å². The van der Waals surface area contributed by atoms with Crippen LogP contribution in [0.2, 0.25) is 5.02 Å². The molecule has 2 aliphatic rings. The first-order valence-electron chi connectivity index (χ1n) is 22.1. The number of thioether (sulfide) groups is 1. The molecule has 336 valence electrons. The lowest BCUT2D eigenvalue weighted by atomic mass is 9.99. The number of piperazine rings is 1. The molecule has 2 aliphatic heterocycles. The van der Waals surface area contributed by atoms with Crippen LogP contribution < -0.4 is 14.9 Å². The third-order valence-corrected chi connectivity index (χ3v) is 12.8. The minimum absolute atomic E-state index is 0.0285. The lowest BCUT2D eigenvalue weighted by molar-refractivity contribution is -0.384. The Bertz CT molecular complexity index is 2130. The molecule has 1 amide bonds. The Labute approximate surface area is 388 Å². The highest BCUT2D eigenvalue weighted by molar-refractivity contribution is 7.99. The Hall–Kier alpha value is -4.56. The van der Waals surface area contributed by atoms with Crippen LogP contribution in [-0.4, -0.2) is 90.9 Å². The summed E-state index contributed by atoms with van der Waals surface area (Å²) in [5, 5.41) is 15.7.